The van der Waals surface area contributed by atoms with Gasteiger partial charge in [-0.2, -0.15) is 0 Å². The summed E-state index contributed by atoms with van der Waals surface area (Å²) < 4.78 is 5.53. The van der Waals surface area contributed by atoms with Crippen molar-refractivity contribution in [3.63, 3.8) is 0 Å². The van der Waals surface area contributed by atoms with Crippen molar-refractivity contribution in [2.75, 3.05) is 24.6 Å². The van der Waals surface area contributed by atoms with Gasteiger partial charge < -0.3 is 14.5 Å². The third-order valence-electron chi connectivity index (χ3n) is 5.00. The Morgan fingerprint density at radius 2 is 2.12 bits per heavy atom. The van der Waals surface area contributed by atoms with E-state index in [0.29, 0.717) is 25.2 Å². The number of nitro benzene ring substituents is 1. The van der Waals surface area contributed by atoms with Crippen molar-refractivity contribution < 1.29 is 19.2 Å². The Hall–Kier alpha value is -2.64. The number of amides is 2. The topological polar surface area (TPSA) is 93.0 Å². The molecule has 0 spiro atoms. The van der Waals surface area contributed by atoms with Crippen LogP contribution in [0.4, 0.5) is 11.4 Å². The molecule has 2 aliphatic rings. The van der Waals surface area contributed by atoms with Crippen molar-refractivity contribution in [2.45, 2.75) is 45.1 Å². The van der Waals surface area contributed by atoms with E-state index >= 15 is 0 Å². The average molecular weight is 361 g/mol. The van der Waals surface area contributed by atoms with E-state index in [1.165, 1.54) is 12.1 Å². The van der Waals surface area contributed by atoms with Gasteiger partial charge in [-0.3, -0.25) is 19.7 Å². The van der Waals surface area contributed by atoms with Gasteiger partial charge in [-0.1, -0.05) is 0 Å². The molecule has 26 heavy (non-hydrogen) atoms. The summed E-state index contributed by atoms with van der Waals surface area (Å²) in [7, 11) is 0. The molecule has 2 aliphatic heterocycles. The molecule has 2 heterocycles. The number of anilines is 1. The molecule has 2 saturated heterocycles. The van der Waals surface area contributed by atoms with E-state index in [-0.39, 0.29) is 35.9 Å². The lowest BCUT2D eigenvalue weighted by atomic mass is 10.0. The van der Waals surface area contributed by atoms with Gasteiger partial charge in [0.1, 0.15) is 0 Å². The number of nitrogens with zero attached hydrogens (tertiary/aromatic N) is 3. The molecule has 0 radical (unpaired) electrons. The third-order valence-corrected chi connectivity index (χ3v) is 5.00. The molecule has 0 saturated carbocycles. The second kappa shape index (κ2) is 7.72. The highest BCUT2D eigenvalue weighted by Gasteiger charge is 2.27. The van der Waals surface area contributed by atoms with Crippen LogP contribution >= 0.6 is 0 Å². The fourth-order valence-electron chi connectivity index (χ4n) is 3.55. The number of hydrogen-bond acceptors (Lipinski definition) is 5. The molecule has 0 N–H and O–H groups in total. The number of benzene rings is 1. The summed E-state index contributed by atoms with van der Waals surface area (Å²) in [4.78, 5) is 38.4. The monoisotopic (exact) mass is 361 g/mol. The van der Waals surface area contributed by atoms with Crippen molar-refractivity contribution >= 4 is 23.2 Å². The third kappa shape index (κ3) is 3.79. The van der Waals surface area contributed by atoms with Crippen LogP contribution in [0.1, 0.15) is 39.0 Å². The number of piperidine rings is 1. The van der Waals surface area contributed by atoms with E-state index in [2.05, 4.69) is 0 Å². The SMILES string of the molecule is C[C@@H]1CCCCN1C(=O)COc1cc(N2CCCC2=O)ccc1[N+](=O)[O-]. The first-order valence-corrected chi connectivity index (χ1v) is 8.98. The summed E-state index contributed by atoms with van der Waals surface area (Å²) in [6.07, 6.45) is 4.25. The summed E-state index contributed by atoms with van der Waals surface area (Å²) in [6.45, 7) is 3.02. The zero-order valence-corrected chi connectivity index (χ0v) is 14.8. The van der Waals surface area contributed by atoms with Crippen molar-refractivity contribution in [1.29, 1.82) is 0 Å². The van der Waals surface area contributed by atoms with Crippen LogP contribution in [0.5, 0.6) is 5.75 Å². The molecule has 140 valence electrons. The van der Waals surface area contributed by atoms with Crippen molar-refractivity contribution in [1.82, 2.24) is 4.90 Å². The van der Waals surface area contributed by atoms with Gasteiger partial charge in [-0.15, -0.1) is 0 Å². The number of rotatable bonds is 5. The van der Waals surface area contributed by atoms with Crippen molar-refractivity contribution in [2.24, 2.45) is 0 Å². The zero-order chi connectivity index (χ0) is 18.7. The molecule has 0 aliphatic carbocycles. The minimum absolute atomic E-state index is 0.0111. The summed E-state index contributed by atoms with van der Waals surface area (Å²) in [6, 6.07) is 4.50. The smallest absolute Gasteiger partial charge is 0.311 e. The Bertz CT molecular complexity index is 721. The first-order chi connectivity index (χ1) is 12.5. The molecule has 0 unspecified atom stereocenters. The predicted octanol–water partition coefficient (Wildman–Crippen LogP) is 2.50. The Morgan fingerprint density at radius 3 is 2.77 bits per heavy atom. The van der Waals surface area contributed by atoms with E-state index < -0.39 is 4.92 Å². The molecule has 2 fully saturated rings. The van der Waals surface area contributed by atoms with Gasteiger partial charge in [0.25, 0.3) is 5.91 Å². The predicted molar refractivity (Wildman–Crippen MR) is 95.2 cm³/mol. The average Bonchev–Trinajstić information content (AvgIpc) is 3.05. The normalized spacial score (nSPS) is 20.3. The molecule has 1 aromatic carbocycles. The Kier molecular flexibility index (Phi) is 5.39. The number of likely N-dealkylation sites (tertiary alicyclic amines) is 1. The highest BCUT2D eigenvalue weighted by atomic mass is 16.6. The van der Waals surface area contributed by atoms with Gasteiger partial charge >= 0.3 is 5.69 Å². The molecular weight excluding hydrogens is 338 g/mol. The second-order valence-electron chi connectivity index (χ2n) is 6.78. The molecule has 8 heteroatoms. The quantitative estimate of drug-likeness (QED) is 0.593. The van der Waals surface area contributed by atoms with E-state index in [1.54, 1.807) is 15.9 Å². The molecule has 1 atom stereocenters. The van der Waals surface area contributed by atoms with Crippen LogP contribution in [0.15, 0.2) is 18.2 Å². The van der Waals surface area contributed by atoms with Crippen molar-refractivity contribution in [3.8, 4) is 5.75 Å². The lowest BCUT2D eigenvalue weighted by Gasteiger charge is -2.33. The van der Waals surface area contributed by atoms with Gasteiger partial charge in [0.15, 0.2) is 12.4 Å². The number of hydrogen-bond donors (Lipinski definition) is 0. The largest absolute Gasteiger partial charge is 0.477 e. The number of ether oxygens (including phenoxy) is 1. The molecule has 2 amide bonds. The van der Waals surface area contributed by atoms with Gasteiger partial charge in [-0.05, 0) is 38.7 Å². The van der Waals surface area contributed by atoms with Crippen LogP contribution in [-0.2, 0) is 9.59 Å². The lowest BCUT2D eigenvalue weighted by Crippen LogP contribution is -2.44. The van der Waals surface area contributed by atoms with Gasteiger partial charge in [0.2, 0.25) is 5.91 Å². The minimum Gasteiger partial charge on any atom is -0.477 e. The molecule has 1 aromatic rings. The van der Waals surface area contributed by atoms with Gasteiger partial charge in [0, 0.05) is 43.4 Å². The zero-order valence-electron chi connectivity index (χ0n) is 14.8. The van der Waals surface area contributed by atoms with Gasteiger partial charge in [-0.25, -0.2) is 0 Å². The number of carbonyl (C=O) groups is 2. The Balaban J connectivity index is 1.75. The molecule has 0 bridgehead atoms. The fraction of sp³-hybridized carbons (Fsp3) is 0.556. The van der Waals surface area contributed by atoms with Crippen LogP contribution in [0, 0.1) is 10.1 Å². The highest BCUT2D eigenvalue weighted by molar-refractivity contribution is 5.95. The van der Waals surface area contributed by atoms with E-state index in [0.717, 1.165) is 25.7 Å². The van der Waals surface area contributed by atoms with Gasteiger partial charge in [0.05, 0.1) is 4.92 Å². The minimum atomic E-state index is -0.543. The highest BCUT2D eigenvalue weighted by Crippen LogP contribution is 2.33. The van der Waals surface area contributed by atoms with Crippen molar-refractivity contribution in [3.05, 3.63) is 28.3 Å². The summed E-state index contributed by atoms with van der Waals surface area (Å²) in [5, 5.41) is 11.3. The standard InChI is InChI=1S/C18H23N3O5/c1-13-5-2-3-9-19(13)18(23)12-26-16-11-14(7-8-15(16)21(24)25)20-10-4-6-17(20)22/h7-8,11,13H,2-6,9-10,12H2,1H3/t13-/m1/s1. The maximum Gasteiger partial charge on any atom is 0.311 e. The lowest BCUT2D eigenvalue weighted by molar-refractivity contribution is -0.385. The fourth-order valence-corrected chi connectivity index (χ4v) is 3.55. The maximum absolute atomic E-state index is 12.4. The van der Waals surface area contributed by atoms with Crippen LogP contribution in [0.2, 0.25) is 0 Å². The molecule has 3 rings (SSSR count). The van der Waals surface area contributed by atoms with Crippen LogP contribution in [-0.4, -0.2) is 47.4 Å². The second-order valence-corrected chi connectivity index (χ2v) is 6.78. The van der Waals surface area contributed by atoms with Crippen LogP contribution in [0.3, 0.4) is 0 Å². The Labute approximate surface area is 151 Å². The molecular formula is C18H23N3O5. The molecule has 0 aromatic heterocycles. The number of nitro groups is 1. The first-order valence-electron chi connectivity index (χ1n) is 8.98. The van der Waals surface area contributed by atoms with Crippen LogP contribution < -0.4 is 9.64 Å². The van der Waals surface area contributed by atoms with E-state index in [9.17, 15) is 19.7 Å². The van der Waals surface area contributed by atoms with E-state index in [1.807, 2.05) is 6.92 Å². The van der Waals surface area contributed by atoms with Crippen LogP contribution in [0.25, 0.3) is 0 Å². The number of carbonyl (C=O) groups excluding carboxylic acids is 2. The Morgan fingerprint density at radius 1 is 1.31 bits per heavy atom. The summed E-state index contributed by atoms with van der Waals surface area (Å²) in [5.41, 5.74) is 0.353. The summed E-state index contributed by atoms with van der Waals surface area (Å²) >= 11 is 0. The first kappa shape index (κ1) is 18.2. The van der Waals surface area contributed by atoms with E-state index in [4.69, 9.17) is 4.74 Å². The summed E-state index contributed by atoms with van der Waals surface area (Å²) in [5.74, 6) is -0.164. The maximum atomic E-state index is 12.4. The molecule has 8 nitrogen and oxygen atoms in total.